The molecule has 1 aromatic rings. The largest absolute Gasteiger partial charge is 0.368 e. The molecule has 1 atom stereocenters. The molecule has 0 fully saturated rings. The number of hydrogen-bond donors (Lipinski definition) is 1. The second kappa shape index (κ2) is 5.71. The van der Waals surface area contributed by atoms with E-state index in [-0.39, 0.29) is 5.03 Å². The van der Waals surface area contributed by atoms with Crippen LogP contribution in [0.25, 0.3) is 0 Å². The molecule has 0 bridgehead atoms. The van der Waals surface area contributed by atoms with E-state index in [1.807, 2.05) is 6.92 Å². The average Bonchev–Trinajstić information content (AvgIpc) is 2.63. The SMILES string of the molecule is CCCc1nc(S(=O)(=O)Cl)cn1C(CC)C(N)=O. The third-order valence-electron chi connectivity index (χ3n) is 2.56. The highest BCUT2D eigenvalue weighted by molar-refractivity contribution is 8.13. The van der Waals surface area contributed by atoms with Crippen LogP contribution in [0.15, 0.2) is 11.2 Å². The molecule has 0 saturated heterocycles. The van der Waals surface area contributed by atoms with Crippen molar-refractivity contribution in [1.29, 1.82) is 0 Å². The maximum Gasteiger partial charge on any atom is 0.280 e. The first-order valence-corrected chi connectivity index (χ1v) is 7.93. The number of imidazole rings is 1. The number of amides is 1. The molecular formula is C10H16ClN3O3S. The van der Waals surface area contributed by atoms with E-state index < -0.39 is 21.0 Å². The smallest absolute Gasteiger partial charge is 0.280 e. The summed E-state index contributed by atoms with van der Waals surface area (Å²) in [5, 5.41) is -0.243. The van der Waals surface area contributed by atoms with Gasteiger partial charge in [0.2, 0.25) is 5.91 Å². The number of rotatable bonds is 6. The Hall–Kier alpha value is -1.08. The number of nitrogens with two attached hydrogens (primary N) is 1. The summed E-state index contributed by atoms with van der Waals surface area (Å²) in [5.74, 6) is -0.0202. The Labute approximate surface area is 111 Å². The third kappa shape index (κ3) is 3.23. The molecular weight excluding hydrogens is 278 g/mol. The maximum atomic E-state index is 11.3. The fourth-order valence-electron chi connectivity index (χ4n) is 1.74. The van der Waals surface area contributed by atoms with Crippen molar-refractivity contribution in [2.45, 2.75) is 44.2 Å². The first kappa shape index (κ1) is 15.0. The molecule has 1 unspecified atom stereocenters. The minimum absolute atomic E-state index is 0.243. The van der Waals surface area contributed by atoms with E-state index in [9.17, 15) is 13.2 Å². The minimum atomic E-state index is -3.90. The van der Waals surface area contributed by atoms with Gasteiger partial charge in [-0.25, -0.2) is 13.4 Å². The van der Waals surface area contributed by atoms with Crippen molar-refractivity contribution in [3.8, 4) is 0 Å². The molecule has 0 aromatic carbocycles. The highest BCUT2D eigenvalue weighted by Crippen LogP contribution is 2.21. The molecule has 0 aliphatic heterocycles. The van der Waals surface area contributed by atoms with Gasteiger partial charge in [0, 0.05) is 23.3 Å². The van der Waals surface area contributed by atoms with Crippen LogP contribution in [-0.2, 0) is 20.3 Å². The number of hydrogen-bond acceptors (Lipinski definition) is 4. The van der Waals surface area contributed by atoms with Crippen LogP contribution >= 0.6 is 10.7 Å². The molecule has 0 aliphatic rings. The second-order valence-electron chi connectivity index (χ2n) is 3.92. The lowest BCUT2D eigenvalue weighted by molar-refractivity contribution is -0.121. The molecule has 6 nitrogen and oxygen atoms in total. The van der Waals surface area contributed by atoms with Crippen LogP contribution in [-0.4, -0.2) is 23.9 Å². The second-order valence-corrected chi connectivity index (χ2v) is 6.43. The number of aryl methyl sites for hydroxylation is 1. The lowest BCUT2D eigenvalue weighted by Crippen LogP contribution is -2.26. The summed E-state index contributed by atoms with van der Waals surface area (Å²) in [5.41, 5.74) is 5.29. The summed E-state index contributed by atoms with van der Waals surface area (Å²) < 4.78 is 24.0. The van der Waals surface area contributed by atoms with Gasteiger partial charge in [-0.05, 0) is 12.8 Å². The summed E-state index contributed by atoms with van der Waals surface area (Å²) in [6, 6.07) is -0.605. The third-order valence-corrected chi connectivity index (χ3v) is 3.73. The van der Waals surface area contributed by atoms with Crippen LogP contribution in [0.1, 0.15) is 38.6 Å². The number of halogens is 1. The zero-order chi connectivity index (χ0) is 13.9. The molecule has 0 spiro atoms. The standard InChI is InChI=1S/C10H16ClN3O3S/c1-3-5-8-13-9(18(11,16)17)6-14(8)7(4-2)10(12)15/h6-7H,3-5H2,1-2H3,(H2,12,15). The van der Waals surface area contributed by atoms with Crippen LogP contribution in [0.3, 0.4) is 0 Å². The first-order chi connectivity index (χ1) is 8.31. The molecule has 8 heteroatoms. The Morgan fingerprint density at radius 3 is 2.56 bits per heavy atom. The summed E-state index contributed by atoms with van der Waals surface area (Å²) in [4.78, 5) is 15.3. The normalized spacial score (nSPS) is 13.5. The summed E-state index contributed by atoms with van der Waals surface area (Å²) in [6.45, 7) is 3.72. The highest BCUT2D eigenvalue weighted by atomic mass is 35.7. The number of carbonyl (C=O) groups excluding carboxylic acids is 1. The van der Waals surface area contributed by atoms with Gasteiger partial charge in [-0.2, -0.15) is 0 Å². The van der Waals surface area contributed by atoms with Crippen LogP contribution in [0, 0.1) is 0 Å². The van der Waals surface area contributed by atoms with Gasteiger partial charge < -0.3 is 10.3 Å². The lowest BCUT2D eigenvalue weighted by atomic mass is 10.2. The molecule has 1 amide bonds. The zero-order valence-corrected chi connectivity index (χ0v) is 11.8. The van der Waals surface area contributed by atoms with E-state index in [0.29, 0.717) is 18.7 Å². The van der Waals surface area contributed by atoms with E-state index >= 15 is 0 Å². The highest BCUT2D eigenvalue weighted by Gasteiger charge is 2.23. The van der Waals surface area contributed by atoms with Crippen LogP contribution in [0.4, 0.5) is 0 Å². The topological polar surface area (TPSA) is 95.1 Å². The minimum Gasteiger partial charge on any atom is -0.368 e. The van der Waals surface area contributed by atoms with Crippen LogP contribution in [0.5, 0.6) is 0 Å². The summed E-state index contributed by atoms with van der Waals surface area (Å²) in [6.07, 6.45) is 3.06. The number of primary amides is 1. The van der Waals surface area contributed by atoms with Crippen molar-refractivity contribution in [2.24, 2.45) is 5.73 Å². The number of nitrogens with zero attached hydrogens (tertiary/aromatic N) is 2. The Balaban J connectivity index is 3.32. The van der Waals surface area contributed by atoms with Gasteiger partial charge in [-0.1, -0.05) is 13.8 Å². The zero-order valence-electron chi connectivity index (χ0n) is 10.3. The van der Waals surface area contributed by atoms with Crippen molar-refractivity contribution < 1.29 is 13.2 Å². The van der Waals surface area contributed by atoms with Gasteiger partial charge >= 0.3 is 0 Å². The van der Waals surface area contributed by atoms with E-state index in [1.165, 1.54) is 10.8 Å². The quantitative estimate of drug-likeness (QED) is 0.797. The van der Waals surface area contributed by atoms with Gasteiger partial charge in [0.25, 0.3) is 9.05 Å². The van der Waals surface area contributed by atoms with Crippen molar-refractivity contribution in [2.75, 3.05) is 0 Å². The summed E-state index contributed by atoms with van der Waals surface area (Å²) in [7, 11) is 1.35. The number of aromatic nitrogens is 2. The molecule has 18 heavy (non-hydrogen) atoms. The lowest BCUT2D eigenvalue weighted by Gasteiger charge is -2.15. The van der Waals surface area contributed by atoms with Gasteiger partial charge in [0.05, 0.1) is 0 Å². The summed E-state index contributed by atoms with van der Waals surface area (Å²) >= 11 is 0. The Kier molecular flexibility index (Phi) is 4.75. The van der Waals surface area contributed by atoms with E-state index in [4.69, 9.17) is 16.4 Å². The van der Waals surface area contributed by atoms with Crippen molar-refractivity contribution >= 4 is 25.6 Å². The van der Waals surface area contributed by atoms with Gasteiger partial charge in [-0.15, -0.1) is 0 Å². The van der Waals surface area contributed by atoms with E-state index in [1.54, 1.807) is 6.92 Å². The van der Waals surface area contributed by atoms with Crippen molar-refractivity contribution in [3.63, 3.8) is 0 Å². The molecule has 2 N–H and O–H groups in total. The Morgan fingerprint density at radius 2 is 2.17 bits per heavy atom. The van der Waals surface area contributed by atoms with Gasteiger partial charge in [-0.3, -0.25) is 4.79 Å². The molecule has 1 aromatic heterocycles. The molecule has 1 heterocycles. The molecule has 1 rings (SSSR count). The molecule has 0 aliphatic carbocycles. The number of carbonyl (C=O) groups is 1. The average molecular weight is 294 g/mol. The van der Waals surface area contributed by atoms with Crippen LogP contribution < -0.4 is 5.73 Å². The van der Waals surface area contributed by atoms with E-state index in [0.717, 1.165) is 6.42 Å². The monoisotopic (exact) mass is 293 g/mol. The van der Waals surface area contributed by atoms with Gasteiger partial charge in [0.1, 0.15) is 11.9 Å². The van der Waals surface area contributed by atoms with Crippen molar-refractivity contribution in [3.05, 3.63) is 12.0 Å². The van der Waals surface area contributed by atoms with Crippen LogP contribution in [0.2, 0.25) is 0 Å². The molecule has 102 valence electrons. The Morgan fingerprint density at radius 1 is 1.56 bits per heavy atom. The van der Waals surface area contributed by atoms with Gasteiger partial charge in [0.15, 0.2) is 5.03 Å². The Bertz CT molecular complexity index is 539. The first-order valence-electron chi connectivity index (χ1n) is 5.63. The molecule has 0 radical (unpaired) electrons. The predicted molar refractivity (Wildman–Crippen MR) is 67.8 cm³/mol. The van der Waals surface area contributed by atoms with E-state index in [2.05, 4.69) is 4.98 Å². The molecule has 0 saturated carbocycles. The fraction of sp³-hybridized carbons (Fsp3) is 0.600. The fourth-order valence-corrected chi connectivity index (χ4v) is 2.42. The predicted octanol–water partition coefficient (Wildman–Crippen LogP) is 1.20. The van der Waals surface area contributed by atoms with Crippen molar-refractivity contribution in [1.82, 2.24) is 9.55 Å². The maximum absolute atomic E-state index is 11.3.